The van der Waals surface area contributed by atoms with E-state index < -0.39 is 23.5 Å². The van der Waals surface area contributed by atoms with Crippen molar-refractivity contribution in [2.45, 2.75) is 6.04 Å². The number of amides is 1. The number of aliphatic hydroxyl groups is 1. The van der Waals surface area contributed by atoms with Crippen LogP contribution in [0.15, 0.2) is 95.1 Å². The summed E-state index contributed by atoms with van der Waals surface area (Å²) >= 11 is 6.22. The number of hydrogen-bond acceptors (Lipinski definition) is 7. The van der Waals surface area contributed by atoms with Gasteiger partial charge in [0.05, 0.1) is 36.6 Å². The fourth-order valence-electron chi connectivity index (χ4n) is 4.40. The molecule has 1 unspecified atom stereocenters. The van der Waals surface area contributed by atoms with Gasteiger partial charge in [-0.3, -0.25) is 14.5 Å². The van der Waals surface area contributed by atoms with Gasteiger partial charge < -0.3 is 24.3 Å². The maximum atomic E-state index is 13.4. The molecule has 1 aromatic heterocycles. The van der Waals surface area contributed by atoms with Crippen LogP contribution in [-0.2, 0) is 9.59 Å². The molecule has 4 aromatic rings. The van der Waals surface area contributed by atoms with Gasteiger partial charge in [-0.15, -0.1) is 0 Å². The summed E-state index contributed by atoms with van der Waals surface area (Å²) in [6, 6.07) is 21.9. The van der Waals surface area contributed by atoms with E-state index in [-0.39, 0.29) is 27.7 Å². The van der Waals surface area contributed by atoms with Gasteiger partial charge in [-0.05, 0) is 54.6 Å². The van der Waals surface area contributed by atoms with Gasteiger partial charge in [0, 0.05) is 23.1 Å². The number of ketones is 1. The molecule has 2 N–H and O–H groups in total. The Kier molecular flexibility index (Phi) is 6.81. The molecule has 1 atom stereocenters. The molecule has 3 aromatic carbocycles. The molecule has 192 valence electrons. The van der Waals surface area contributed by atoms with Gasteiger partial charge in [0.2, 0.25) is 0 Å². The summed E-state index contributed by atoms with van der Waals surface area (Å²) in [6.07, 6.45) is 1.44. The van der Waals surface area contributed by atoms with Gasteiger partial charge in [-0.1, -0.05) is 29.8 Å². The number of rotatable bonds is 7. The Bertz CT molecular complexity index is 1510. The molecule has 1 amide bonds. The third kappa shape index (κ3) is 4.46. The number of benzene rings is 3. The molecule has 8 nitrogen and oxygen atoms in total. The van der Waals surface area contributed by atoms with Crippen LogP contribution in [0.5, 0.6) is 11.5 Å². The Morgan fingerprint density at radius 3 is 2.24 bits per heavy atom. The molecule has 1 saturated heterocycles. The highest BCUT2D eigenvalue weighted by Crippen LogP contribution is 2.45. The first-order valence-electron chi connectivity index (χ1n) is 11.6. The first-order valence-corrected chi connectivity index (χ1v) is 12.0. The Balaban J connectivity index is 1.60. The lowest BCUT2D eigenvalue weighted by atomic mass is 9.98. The largest absolute Gasteiger partial charge is 0.507 e. The second-order valence-corrected chi connectivity index (χ2v) is 8.82. The Morgan fingerprint density at radius 2 is 1.61 bits per heavy atom. The molecule has 0 bridgehead atoms. The minimum absolute atomic E-state index is 0.144. The van der Waals surface area contributed by atoms with Crippen molar-refractivity contribution >= 4 is 46.1 Å². The van der Waals surface area contributed by atoms with Crippen LogP contribution in [0.1, 0.15) is 17.4 Å². The Hall–Kier alpha value is -4.69. The van der Waals surface area contributed by atoms with Crippen molar-refractivity contribution in [2.24, 2.45) is 0 Å². The van der Waals surface area contributed by atoms with Crippen molar-refractivity contribution in [1.82, 2.24) is 0 Å². The summed E-state index contributed by atoms with van der Waals surface area (Å²) < 4.78 is 16.3. The number of anilines is 3. The summed E-state index contributed by atoms with van der Waals surface area (Å²) in [5, 5.41) is 15.0. The minimum atomic E-state index is -1.02. The average Bonchev–Trinajstić information content (AvgIpc) is 3.56. The molecule has 0 aliphatic carbocycles. The fraction of sp³-hybridized carbons (Fsp3) is 0.103. The maximum Gasteiger partial charge on any atom is 0.300 e. The SMILES string of the molecule is COc1cc(/C(O)=C2\C(=O)C(=O)N(c3ccc(Nc4ccccc4)cc3)C2c2ccco2)c(OC)cc1Cl. The van der Waals surface area contributed by atoms with Gasteiger partial charge in [0.25, 0.3) is 11.7 Å². The molecular weight excluding hydrogens is 508 g/mol. The van der Waals surface area contributed by atoms with Crippen molar-refractivity contribution in [1.29, 1.82) is 0 Å². The van der Waals surface area contributed by atoms with E-state index >= 15 is 0 Å². The molecular formula is C29H23ClN2O6. The Morgan fingerprint density at radius 1 is 0.921 bits per heavy atom. The minimum Gasteiger partial charge on any atom is -0.507 e. The van der Waals surface area contributed by atoms with Crippen molar-refractivity contribution in [3.05, 3.63) is 107 Å². The lowest BCUT2D eigenvalue weighted by molar-refractivity contribution is -0.132. The van der Waals surface area contributed by atoms with Gasteiger partial charge in [0.15, 0.2) is 0 Å². The van der Waals surface area contributed by atoms with Crippen LogP contribution in [0.2, 0.25) is 5.02 Å². The number of carbonyl (C=O) groups excluding carboxylic acids is 2. The standard InChI is InChI=1S/C29H23ClN2O6/c1-36-23-16-21(30)24(37-2)15-20(23)27(33)25-26(22-9-6-14-38-22)32(29(35)28(25)34)19-12-10-18(11-13-19)31-17-7-4-3-5-8-17/h3-16,26,31,33H,1-2H3/b27-25+. The van der Waals surface area contributed by atoms with E-state index in [9.17, 15) is 14.7 Å². The highest BCUT2D eigenvalue weighted by atomic mass is 35.5. The molecule has 0 saturated carbocycles. The van der Waals surface area contributed by atoms with Crippen molar-refractivity contribution in [3.8, 4) is 11.5 Å². The molecule has 9 heteroatoms. The number of Topliss-reactive ketones (excluding diaryl/α,β-unsaturated/α-hetero) is 1. The number of methoxy groups -OCH3 is 2. The monoisotopic (exact) mass is 530 g/mol. The highest BCUT2D eigenvalue weighted by molar-refractivity contribution is 6.51. The second kappa shape index (κ2) is 10.4. The van der Waals surface area contributed by atoms with E-state index in [1.54, 1.807) is 36.4 Å². The van der Waals surface area contributed by atoms with Crippen molar-refractivity contribution < 1.29 is 28.6 Å². The lowest BCUT2D eigenvalue weighted by Crippen LogP contribution is -2.29. The number of halogens is 1. The van der Waals surface area contributed by atoms with Gasteiger partial charge in [-0.2, -0.15) is 0 Å². The first-order chi connectivity index (χ1) is 18.4. The number of nitrogens with one attached hydrogen (secondary N) is 1. The predicted molar refractivity (Wildman–Crippen MR) is 144 cm³/mol. The molecule has 1 aliphatic heterocycles. The topological polar surface area (TPSA) is 101 Å². The maximum absolute atomic E-state index is 13.4. The third-order valence-electron chi connectivity index (χ3n) is 6.19. The number of ether oxygens (including phenoxy) is 2. The van der Waals surface area contributed by atoms with E-state index in [0.717, 1.165) is 11.4 Å². The van der Waals surface area contributed by atoms with Crippen LogP contribution in [0.4, 0.5) is 17.1 Å². The van der Waals surface area contributed by atoms with Crippen LogP contribution in [0.3, 0.4) is 0 Å². The second-order valence-electron chi connectivity index (χ2n) is 8.41. The molecule has 1 fully saturated rings. The van der Waals surface area contributed by atoms with Crippen molar-refractivity contribution in [3.63, 3.8) is 0 Å². The van der Waals surface area contributed by atoms with Crippen LogP contribution in [-0.4, -0.2) is 31.0 Å². The number of furan rings is 1. The van der Waals surface area contributed by atoms with Gasteiger partial charge >= 0.3 is 0 Å². The van der Waals surface area contributed by atoms with E-state index in [4.69, 9.17) is 25.5 Å². The summed E-state index contributed by atoms with van der Waals surface area (Å²) in [5.41, 5.74) is 2.14. The van der Waals surface area contributed by atoms with Gasteiger partial charge in [-0.25, -0.2) is 0 Å². The molecule has 38 heavy (non-hydrogen) atoms. The highest BCUT2D eigenvalue weighted by Gasteiger charge is 2.48. The van der Waals surface area contributed by atoms with Crippen LogP contribution >= 0.6 is 11.6 Å². The summed E-state index contributed by atoms with van der Waals surface area (Å²) in [5.74, 6) is -1.35. The zero-order valence-electron chi connectivity index (χ0n) is 20.5. The van der Waals surface area contributed by atoms with Crippen LogP contribution < -0.4 is 19.7 Å². The molecule has 0 spiro atoms. The number of carbonyl (C=O) groups is 2. The zero-order valence-corrected chi connectivity index (χ0v) is 21.2. The lowest BCUT2D eigenvalue weighted by Gasteiger charge is -2.24. The average molecular weight is 531 g/mol. The summed E-state index contributed by atoms with van der Waals surface area (Å²) in [6.45, 7) is 0. The van der Waals surface area contributed by atoms with E-state index in [1.165, 1.54) is 37.5 Å². The third-order valence-corrected chi connectivity index (χ3v) is 6.49. The number of para-hydroxylation sites is 1. The first kappa shape index (κ1) is 25.0. The van der Waals surface area contributed by atoms with E-state index in [2.05, 4.69) is 5.32 Å². The predicted octanol–water partition coefficient (Wildman–Crippen LogP) is 6.32. The van der Waals surface area contributed by atoms with Crippen molar-refractivity contribution in [2.75, 3.05) is 24.4 Å². The molecule has 0 radical (unpaired) electrons. The Labute approximate surface area is 223 Å². The number of hydrogen-bond donors (Lipinski definition) is 2. The number of nitrogens with zero attached hydrogens (tertiary/aromatic N) is 1. The van der Waals surface area contributed by atoms with Gasteiger partial charge in [0.1, 0.15) is 29.1 Å². The molecule has 2 heterocycles. The van der Waals surface area contributed by atoms with Crippen LogP contribution in [0, 0.1) is 0 Å². The number of aliphatic hydroxyl groups excluding tert-OH is 1. The smallest absolute Gasteiger partial charge is 0.300 e. The quantitative estimate of drug-likeness (QED) is 0.164. The summed E-state index contributed by atoms with van der Waals surface area (Å²) in [7, 11) is 2.83. The zero-order chi connectivity index (χ0) is 26.8. The van der Waals surface area contributed by atoms with E-state index in [0.29, 0.717) is 11.4 Å². The molecule has 1 aliphatic rings. The van der Waals surface area contributed by atoms with Crippen LogP contribution in [0.25, 0.3) is 5.76 Å². The molecule has 5 rings (SSSR count). The van der Waals surface area contributed by atoms with E-state index in [1.807, 2.05) is 30.3 Å². The summed E-state index contributed by atoms with van der Waals surface area (Å²) in [4.78, 5) is 28.0. The fourth-order valence-corrected chi connectivity index (χ4v) is 4.63. The normalized spacial score (nSPS) is 16.5.